The van der Waals surface area contributed by atoms with E-state index in [1.165, 1.54) is 0 Å². The first kappa shape index (κ1) is 6.94. The fraction of sp³-hybridized carbons (Fsp3) is 0.500. The minimum Gasteiger partial charge on any atom is -0.411 e. The largest absolute Gasteiger partial charge is 0.411 e. The van der Waals surface area contributed by atoms with E-state index < -0.39 is 0 Å². The Labute approximate surface area is 47.1 Å². The lowest BCUT2D eigenvalue weighted by Crippen LogP contribution is -1.96. The van der Waals surface area contributed by atoms with Crippen molar-refractivity contribution in [1.82, 2.24) is 0 Å². The summed E-state index contributed by atoms with van der Waals surface area (Å²) < 4.78 is 0. The highest BCUT2D eigenvalue weighted by molar-refractivity contribution is 6.30. The molecule has 4 heteroatoms. The number of rotatable bonds is 2. The second kappa shape index (κ2) is 4.11. The van der Waals surface area contributed by atoms with Crippen molar-refractivity contribution in [1.29, 1.82) is 0 Å². The summed E-state index contributed by atoms with van der Waals surface area (Å²) in [6, 6.07) is 0. The van der Waals surface area contributed by atoms with Crippen LogP contribution in [0.25, 0.3) is 0 Å². The van der Waals surface area contributed by atoms with Crippen LogP contribution in [0.1, 0.15) is 13.3 Å². The molecular formula is C4H8N2O2. The van der Waals surface area contributed by atoms with Crippen LogP contribution in [-0.4, -0.2) is 22.3 Å². The molecule has 0 atom stereocenters. The van der Waals surface area contributed by atoms with Crippen LogP contribution in [0.2, 0.25) is 0 Å². The number of hydrogen-bond donors (Lipinski definition) is 2. The molecule has 0 fully saturated rings. The third-order valence-corrected chi connectivity index (χ3v) is 0.697. The minimum absolute atomic E-state index is 0.354. The zero-order valence-corrected chi connectivity index (χ0v) is 4.57. The molecule has 0 aliphatic heterocycles. The quantitative estimate of drug-likeness (QED) is 0.316. The van der Waals surface area contributed by atoms with Crippen LogP contribution in [0.3, 0.4) is 0 Å². The molecule has 0 unspecified atom stereocenters. The average Bonchev–Trinajstić information content (AvgIpc) is 1.83. The highest BCUT2D eigenvalue weighted by Gasteiger charge is 1.87. The van der Waals surface area contributed by atoms with Gasteiger partial charge in [-0.1, -0.05) is 17.2 Å². The summed E-state index contributed by atoms with van der Waals surface area (Å²) in [6.07, 6.45) is 1.64. The second-order valence-electron chi connectivity index (χ2n) is 1.19. The van der Waals surface area contributed by atoms with E-state index in [1.807, 2.05) is 0 Å². The van der Waals surface area contributed by atoms with Gasteiger partial charge in [0.2, 0.25) is 0 Å². The van der Waals surface area contributed by atoms with Crippen molar-refractivity contribution in [3.63, 3.8) is 0 Å². The van der Waals surface area contributed by atoms with Gasteiger partial charge in [0.05, 0.1) is 6.21 Å². The number of nitrogens with zero attached hydrogens (tertiary/aromatic N) is 2. The van der Waals surface area contributed by atoms with Crippen molar-refractivity contribution in [3.8, 4) is 0 Å². The van der Waals surface area contributed by atoms with Gasteiger partial charge in [0.15, 0.2) is 0 Å². The van der Waals surface area contributed by atoms with E-state index in [0.29, 0.717) is 12.1 Å². The molecule has 0 spiro atoms. The van der Waals surface area contributed by atoms with Gasteiger partial charge < -0.3 is 10.4 Å². The fourth-order valence-electron chi connectivity index (χ4n) is 0.254. The Morgan fingerprint density at radius 2 is 2.25 bits per heavy atom. The van der Waals surface area contributed by atoms with Gasteiger partial charge in [-0.25, -0.2) is 0 Å². The minimum atomic E-state index is 0.354. The van der Waals surface area contributed by atoms with E-state index in [0.717, 1.165) is 6.21 Å². The van der Waals surface area contributed by atoms with E-state index in [9.17, 15) is 0 Å². The molecule has 0 aromatic rings. The summed E-state index contributed by atoms with van der Waals surface area (Å²) in [5.74, 6) is 0. The molecule has 0 saturated heterocycles. The lowest BCUT2D eigenvalue weighted by Gasteiger charge is -1.84. The third-order valence-electron chi connectivity index (χ3n) is 0.697. The molecule has 0 rings (SSSR count). The standard InChI is InChI=1S/C4H8N2O2/c1-2-4(6-8)3-5-7/h3,7-8H,2H2,1H3/b5-3+,6-4+. The summed E-state index contributed by atoms with van der Waals surface area (Å²) in [5.41, 5.74) is 0.354. The maximum atomic E-state index is 8.04. The van der Waals surface area contributed by atoms with Gasteiger partial charge in [0, 0.05) is 0 Å². The molecule has 0 aliphatic rings. The number of hydrogen-bond acceptors (Lipinski definition) is 4. The molecule has 0 aromatic carbocycles. The van der Waals surface area contributed by atoms with Crippen LogP contribution in [-0.2, 0) is 0 Å². The van der Waals surface area contributed by atoms with E-state index in [1.54, 1.807) is 6.92 Å². The van der Waals surface area contributed by atoms with Crippen molar-refractivity contribution in [2.45, 2.75) is 13.3 Å². The highest BCUT2D eigenvalue weighted by atomic mass is 16.4. The first-order chi connectivity index (χ1) is 3.85. The molecule has 2 N–H and O–H groups in total. The van der Waals surface area contributed by atoms with Gasteiger partial charge in [-0.2, -0.15) is 0 Å². The fourth-order valence-corrected chi connectivity index (χ4v) is 0.254. The predicted octanol–water partition coefficient (Wildman–Crippen LogP) is 0.687. The number of oxime groups is 2. The molecule has 46 valence electrons. The van der Waals surface area contributed by atoms with Crippen LogP contribution >= 0.6 is 0 Å². The summed E-state index contributed by atoms with van der Waals surface area (Å²) >= 11 is 0. The van der Waals surface area contributed by atoms with Gasteiger partial charge in [-0.05, 0) is 6.42 Å². The lowest BCUT2D eigenvalue weighted by atomic mass is 10.3. The maximum absolute atomic E-state index is 8.04. The smallest absolute Gasteiger partial charge is 0.101 e. The molecule has 0 amide bonds. The SMILES string of the molecule is CCC(/C=N/O)=N\O. The molecule has 4 nitrogen and oxygen atoms in total. The molecule has 0 aliphatic carbocycles. The second-order valence-corrected chi connectivity index (χ2v) is 1.19. The third kappa shape index (κ3) is 2.17. The Kier molecular flexibility index (Phi) is 3.56. The molecule has 0 radical (unpaired) electrons. The van der Waals surface area contributed by atoms with Crippen LogP contribution < -0.4 is 0 Å². The Balaban J connectivity index is 3.72. The van der Waals surface area contributed by atoms with E-state index in [2.05, 4.69) is 10.3 Å². The Hall–Kier alpha value is -1.06. The molecule has 0 aromatic heterocycles. The van der Waals surface area contributed by atoms with Crippen molar-refractivity contribution in [2.24, 2.45) is 10.3 Å². The van der Waals surface area contributed by atoms with E-state index in [-0.39, 0.29) is 0 Å². The van der Waals surface area contributed by atoms with Gasteiger partial charge in [0.25, 0.3) is 0 Å². The molecule has 0 saturated carbocycles. The van der Waals surface area contributed by atoms with E-state index in [4.69, 9.17) is 10.4 Å². The first-order valence-electron chi connectivity index (χ1n) is 2.23. The van der Waals surface area contributed by atoms with Crippen molar-refractivity contribution >= 4 is 11.9 Å². The van der Waals surface area contributed by atoms with Gasteiger partial charge in [-0.15, -0.1) is 0 Å². The monoisotopic (exact) mass is 116 g/mol. The van der Waals surface area contributed by atoms with Gasteiger partial charge >= 0.3 is 0 Å². The molecular weight excluding hydrogens is 108 g/mol. The maximum Gasteiger partial charge on any atom is 0.101 e. The predicted molar refractivity (Wildman–Crippen MR) is 29.8 cm³/mol. The highest BCUT2D eigenvalue weighted by Crippen LogP contribution is 1.78. The van der Waals surface area contributed by atoms with Crippen molar-refractivity contribution < 1.29 is 10.4 Å². The average molecular weight is 116 g/mol. The first-order valence-corrected chi connectivity index (χ1v) is 2.23. The Morgan fingerprint density at radius 1 is 1.62 bits per heavy atom. The van der Waals surface area contributed by atoms with E-state index >= 15 is 0 Å². The zero-order chi connectivity index (χ0) is 6.41. The summed E-state index contributed by atoms with van der Waals surface area (Å²) in [6.45, 7) is 1.79. The molecule has 0 heterocycles. The van der Waals surface area contributed by atoms with Crippen LogP contribution in [0, 0.1) is 0 Å². The van der Waals surface area contributed by atoms with Crippen molar-refractivity contribution in [3.05, 3.63) is 0 Å². The van der Waals surface area contributed by atoms with Crippen LogP contribution in [0.4, 0.5) is 0 Å². The van der Waals surface area contributed by atoms with Crippen LogP contribution in [0.5, 0.6) is 0 Å². The Morgan fingerprint density at radius 3 is 2.38 bits per heavy atom. The van der Waals surface area contributed by atoms with Crippen LogP contribution in [0.15, 0.2) is 10.3 Å². The Bertz CT molecular complexity index is 106. The molecule has 0 bridgehead atoms. The lowest BCUT2D eigenvalue weighted by molar-refractivity contribution is 0.315. The van der Waals surface area contributed by atoms with Crippen molar-refractivity contribution in [2.75, 3.05) is 0 Å². The summed E-state index contributed by atoms with van der Waals surface area (Å²) in [4.78, 5) is 0. The van der Waals surface area contributed by atoms with Gasteiger partial charge in [0.1, 0.15) is 5.71 Å². The van der Waals surface area contributed by atoms with Gasteiger partial charge in [-0.3, -0.25) is 0 Å². The normalized spacial score (nSPS) is 12.9. The zero-order valence-electron chi connectivity index (χ0n) is 4.57. The topological polar surface area (TPSA) is 65.2 Å². The summed E-state index contributed by atoms with van der Waals surface area (Å²) in [7, 11) is 0. The summed E-state index contributed by atoms with van der Waals surface area (Å²) in [5, 5.41) is 21.4. The molecule has 8 heavy (non-hydrogen) atoms.